The summed E-state index contributed by atoms with van der Waals surface area (Å²) in [5.74, 6) is 0.630. The predicted octanol–water partition coefficient (Wildman–Crippen LogP) is 4.11. The molecule has 0 bridgehead atoms. The lowest BCUT2D eigenvalue weighted by atomic mass is 9.96. The minimum absolute atomic E-state index is 0.00981. The minimum Gasteiger partial charge on any atom is -0.314 e. The predicted molar refractivity (Wildman–Crippen MR) is 81.0 cm³/mol. The van der Waals surface area contributed by atoms with Crippen molar-refractivity contribution < 1.29 is 13.2 Å². The first-order valence-corrected chi connectivity index (χ1v) is 8.14. The van der Waals surface area contributed by atoms with Gasteiger partial charge in [0.1, 0.15) is 0 Å². The van der Waals surface area contributed by atoms with Gasteiger partial charge < -0.3 is 5.32 Å². The highest BCUT2D eigenvalue weighted by molar-refractivity contribution is 6.31. The van der Waals surface area contributed by atoms with Gasteiger partial charge in [-0.05, 0) is 36.1 Å². The second kappa shape index (κ2) is 6.38. The van der Waals surface area contributed by atoms with Crippen molar-refractivity contribution in [2.24, 2.45) is 5.92 Å². The van der Waals surface area contributed by atoms with Gasteiger partial charge >= 0.3 is 6.18 Å². The highest BCUT2D eigenvalue weighted by Gasteiger charge is 2.35. The third kappa shape index (κ3) is 3.76. The van der Waals surface area contributed by atoms with Crippen LogP contribution >= 0.6 is 11.6 Å². The summed E-state index contributed by atoms with van der Waals surface area (Å²) in [5.41, 5.74) is 0.0214. The molecule has 0 radical (unpaired) electrons. The lowest BCUT2D eigenvalue weighted by Gasteiger charge is -2.36. The Balaban J connectivity index is 1.91. The lowest BCUT2D eigenvalue weighted by Crippen LogP contribution is -2.45. The van der Waals surface area contributed by atoms with Gasteiger partial charge in [0, 0.05) is 37.2 Å². The monoisotopic (exact) mass is 332 g/mol. The van der Waals surface area contributed by atoms with Crippen molar-refractivity contribution >= 4 is 11.6 Å². The zero-order valence-electron chi connectivity index (χ0n) is 12.3. The molecule has 1 aromatic rings. The van der Waals surface area contributed by atoms with Crippen LogP contribution in [0.15, 0.2) is 18.2 Å². The SMILES string of the molecule is FC(F)(F)c1ccc(Cl)c([C@@H](CC2CC2)N2CCNCC2)c1. The van der Waals surface area contributed by atoms with Crippen LogP contribution in [0.3, 0.4) is 0 Å². The molecule has 2 nitrogen and oxygen atoms in total. The fourth-order valence-corrected chi connectivity index (χ4v) is 3.35. The number of rotatable bonds is 4. The van der Waals surface area contributed by atoms with Crippen molar-refractivity contribution in [1.29, 1.82) is 0 Å². The Labute approximate surface area is 133 Å². The van der Waals surface area contributed by atoms with E-state index in [1.807, 2.05) is 0 Å². The van der Waals surface area contributed by atoms with Crippen molar-refractivity contribution in [3.05, 3.63) is 34.3 Å². The number of benzene rings is 1. The Morgan fingerprint density at radius 1 is 1.23 bits per heavy atom. The van der Waals surface area contributed by atoms with Crippen LogP contribution in [0.4, 0.5) is 13.2 Å². The molecule has 2 aliphatic rings. The van der Waals surface area contributed by atoms with Crippen LogP contribution in [-0.2, 0) is 6.18 Å². The van der Waals surface area contributed by atoms with Crippen molar-refractivity contribution in [3.8, 4) is 0 Å². The lowest BCUT2D eigenvalue weighted by molar-refractivity contribution is -0.137. The van der Waals surface area contributed by atoms with Crippen LogP contribution < -0.4 is 5.32 Å². The van der Waals surface area contributed by atoms with E-state index in [9.17, 15) is 13.2 Å². The highest BCUT2D eigenvalue weighted by atomic mass is 35.5. The van der Waals surface area contributed by atoms with Crippen LogP contribution in [0.1, 0.15) is 36.4 Å². The molecule has 1 atom stereocenters. The topological polar surface area (TPSA) is 15.3 Å². The van der Waals surface area contributed by atoms with Crippen LogP contribution in [0.2, 0.25) is 5.02 Å². The zero-order valence-corrected chi connectivity index (χ0v) is 13.1. The highest BCUT2D eigenvalue weighted by Crippen LogP contribution is 2.43. The number of hydrogen-bond acceptors (Lipinski definition) is 2. The molecule has 122 valence electrons. The van der Waals surface area contributed by atoms with Gasteiger partial charge in [-0.15, -0.1) is 0 Å². The van der Waals surface area contributed by atoms with E-state index in [1.54, 1.807) is 0 Å². The smallest absolute Gasteiger partial charge is 0.314 e. The fraction of sp³-hybridized carbons (Fsp3) is 0.625. The van der Waals surface area contributed by atoms with E-state index in [0.717, 1.165) is 38.7 Å². The normalized spacial score (nSPS) is 21.8. The van der Waals surface area contributed by atoms with Crippen molar-refractivity contribution in [2.45, 2.75) is 31.5 Å². The van der Waals surface area contributed by atoms with E-state index in [4.69, 9.17) is 11.6 Å². The number of piperazine rings is 1. The molecule has 0 aromatic heterocycles. The molecular weight excluding hydrogens is 313 g/mol. The molecule has 1 aliphatic heterocycles. The third-order valence-electron chi connectivity index (χ3n) is 4.53. The Morgan fingerprint density at radius 3 is 2.50 bits per heavy atom. The summed E-state index contributed by atoms with van der Waals surface area (Å²) in [5, 5.41) is 3.73. The van der Waals surface area contributed by atoms with Crippen molar-refractivity contribution in [3.63, 3.8) is 0 Å². The third-order valence-corrected chi connectivity index (χ3v) is 4.87. The first-order chi connectivity index (χ1) is 10.4. The first kappa shape index (κ1) is 16.1. The number of halogens is 4. The van der Waals surface area contributed by atoms with Crippen molar-refractivity contribution in [2.75, 3.05) is 26.2 Å². The Morgan fingerprint density at radius 2 is 1.91 bits per heavy atom. The van der Waals surface area contributed by atoms with E-state index >= 15 is 0 Å². The molecule has 1 saturated heterocycles. The van der Waals surface area contributed by atoms with Gasteiger partial charge in [-0.3, -0.25) is 4.90 Å². The molecule has 0 unspecified atom stereocenters. The Hall–Kier alpha value is -0.780. The molecular formula is C16H20ClF3N2. The maximum absolute atomic E-state index is 13.0. The average Bonchev–Trinajstić information content (AvgIpc) is 3.29. The molecule has 1 aromatic carbocycles. The second-order valence-electron chi connectivity index (χ2n) is 6.21. The summed E-state index contributed by atoms with van der Waals surface area (Å²) in [6.45, 7) is 3.45. The number of hydrogen-bond donors (Lipinski definition) is 1. The quantitative estimate of drug-likeness (QED) is 0.892. The van der Waals surface area contributed by atoms with Gasteiger partial charge in [0.25, 0.3) is 0 Å². The molecule has 1 aliphatic carbocycles. The molecule has 0 spiro atoms. The second-order valence-corrected chi connectivity index (χ2v) is 6.62. The summed E-state index contributed by atoms with van der Waals surface area (Å²) < 4.78 is 39.0. The van der Waals surface area contributed by atoms with Gasteiger partial charge in [-0.25, -0.2) is 0 Å². The average molecular weight is 333 g/mol. The van der Waals surface area contributed by atoms with Gasteiger partial charge in [-0.2, -0.15) is 13.2 Å². The van der Waals surface area contributed by atoms with Gasteiger partial charge in [-0.1, -0.05) is 24.4 Å². The van der Waals surface area contributed by atoms with E-state index in [0.29, 0.717) is 16.5 Å². The van der Waals surface area contributed by atoms with Gasteiger partial charge in [0.2, 0.25) is 0 Å². The largest absolute Gasteiger partial charge is 0.416 e. The molecule has 3 rings (SSSR count). The summed E-state index contributed by atoms with van der Waals surface area (Å²) in [6, 6.07) is 3.70. The summed E-state index contributed by atoms with van der Waals surface area (Å²) >= 11 is 6.25. The molecule has 6 heteroatoms. The van der Waals surface area contributed by atoms with Crippen LogP contribution in [-0.4, -0.2) is 31.1 Å². The molecule has 0 amide bonds. The maximum atomic E-state index is 13.0. The molecule has 1 saturated carbocycles. The van der Waals surface area contributed by atoms with Crippen LogP contribution in [0.25, 0.3) is 0 Å². The Kier molecular flexibility index (Phi) is 4.67. The van der Waals surface area contributed by atoms with E-state index in [-0.39, 0.29) is 6.04 Å². The fourth-order valence-electron chi connectivity index (χ4n) is 3.11. The summed E-state index contributed by atoms with van der Waals surface area (Å²) in [6.07, 6.45) is -1.06. The van der Waals surface area contributed by atoms with Crippen LogP contribution in [0.5, 0.6) is 0 Å². The summed E-state index contributed by atoms with van der Waals surface area (Å²) in [7, 11) is 0. The van der Waals surface area contributed by atoms with E-state index in [2.05, 4.69) is 10.2 Å². The standard InChI is InChI=1S/C16H20ClF3N2/c17-14-4-3-12(16(18,19)20)10-13(14)15(9-11-1-2-11)22-7-5-21-6-8-22/h3-4,10-11,15,21H,1-2,5-9H2/t15-/m1/s1. The van der Waals surface area contributed by atoms with Crippen molar-refractivity contribution in [1.82, 2.24) is 10.2 Å². The number of nitrogens with zero attached hydrogens (tertiary/aromatic N) is 1. The first-order valence-electron chi connectivity index (χ1n) is 7.76. The molecule has 1 N–H and O–H groups in total. The summed E-state index contributed by atoms with van der Waals surface area (Å²) in [4.78, 5) is 2.27. The number of nitrogens with one attached hydrogen (secondary N) is 1. The van der Waals surface area contributed by atoms with Gasteiger partial charge in [0.15, 0.2) is 0 Å². The molecule has 1 heterocycles. The Bertz CT molecular complexity index is 523. The molecule has 2 fully saturated rings. The minimum atomic E-state index is -4.33. The van der Waals surface area contributed by atoms with E-state index in [1.165, 1.54) is 25.0 Å². The molecule has 22 heavy (non-hydrogen) atoms. The van der Waals surface area contributed by atoms with E-state index < -0.39 is 11.7 Å². The number of alkyl halides is 3. The van der Waals surface area contributed by atoms with Crippen LogP contribution in [0, 0.1) is 5.92 Å². The zero-order chi connectivity index (χ0) is 15.7. The van der Waals surface area contributed by atoms with Gasteiger partial charge in [0.05, 0.1) is 5.56 Å². The maximum Gasteiger partial charge on any atom is 0.416 e.